The lowest BCUT2D eigenvalue weighted by Crippen LogP contribution is -2.11. The van der Waals surface area contributed by atoms with E-state index in [4.69, 9.17) is 16.4 Å². The predicted molar refractivity (Wildman–Crippen MR) is 57.3 cm³/mol. The Morgan fingerprint density at radius 1 is 1.53 bits per heavy atom. The van der Waals surface area contributed by atoms with Gasteiger partial charge in [0.2, 0.25) is 5.88 Å². The summed E-state index contributed by atoms with van der Waals surface area (Å²) in [6.45, 7) is 5.43. The summed E-state index contributed by atoms with van der Waals surface area (Å²) in [4.78, 5) is 4.15. The molecule has 1 aromatic rings. The molecular weight excluding hydrogens is 188 g/mol. The van der Waals surface area contributed by atoms with Crippen LogP contribution in [0.5, 0.6) is 5.88 Å². The molecule has 0 spiro atoms. The molecule has 3 heteroatoms. The standard InChI is InChI=1S/C12H12N2O/c1-5-10(4)15-12-11(7-13)8(2)6-9(3)14-12/h1,6,10H,2-4H3. The highest BCUT2D eigenvalue weighted by Gasteiger charge is 2.11. The molecule has 1 rings (SSSR count). The average molecular weight is 200 g/mol. The SMILES string of the molecule is C#CC(C)Oc1nc(C)cc(C)c1C#N. The zero-order chi connectivity index (χ0) is 11.4. The Balaban J connectivity index is 3.18. The van der Waals surface area contributed by atoms with Crippen LogP contribution in [0.4, 0.5) is 0 Å². The summed E-state index contributed by atoms with van der Waals surface area (Å²) in [5.41, 5.74) is 2.11. The molecule has 0 bridgehead atoms. The maximum atomic E-state index is 8.95. The fourth-order valence-corrected chi connectivity index (χ4v) is 1.23. The molecule has 1 unspecified atom stereocenters. The van der Waals surface area contributed by atoms with E-state index in [1.165, 1.54) is 0 Å². The van der Waals surface area contributed by atoms with Crippen LogP contribution in [0.15, 0.2) is 6.07 Å². The summed E-state index contributed by atoms with van der Waals surface area (Å²) in [6, 6.07) is 3.90. The topological polar surface area (TPSA) is 45.9 Å². The first kappa shape index (κ1) is 11.1. The highest BCUT2D eigenvalue weighted by atomic mass is 16.5. The van der Waals surface area contributed by atoms with Gasteiger partial charge in [-0.15, -0.1) is 6.42 Å². The largest absolute Gasteiger partial charge is 0.460 e. The summed E-state index contributed by atoms with van der Waals surface area (Å²) in [5, 5.41) is 8.95. The third kappa shape index (κ3) is 2.48. The van der Waals surface area contributed by atoms with Crippen LogP contribution in [0.25, 0.3) is 0 Å². The van der Waals surface area contributed by atoms with Crippen LogP contribution < -0.4 is 4.74 Å². The molecule has 0 aliphatic carbocycles. The van der Waals surface area contributed by atoms with E-state index in [2.05, 4.69) is 17.0 Å². The van der Waals surface area contributed by atoms with Crippen molar-refractivity contribution in [2.24, 2.45) is 0 Å². The van der Waals surface area contributed by atoms with Crippen LogP contribution in [0, 0.1) is 37.5 Å². The minimum absolute atomic E-state index is 0.320. The molecule has 0 aliphatic heterocycles. The molecule has 1 atom stereocenters. The van der Waals surface area contributed by atoms with Crippen LogP contribution in [0.1, 0.15) is 23.7 Å². The molecule has 0 radical (unpaired) electrons. The minimum atomic E-state index is -0.384. The molecule has 1 heterocycles. The maximum absolute atomic E-state index is 8.95. The second-order valence-electron chi connectivity index (χ2n) is 3.30. The number of hydrogen-bond donors (Lipinski definition) is 0. The number of terminal acetylenes is 1. The van der Waals surface area contributed by atoms with Gasteiger partial charge in [-0.25, -0.2) is 4.98 Å². The van der Waals surface area contributed by atoms with Crippen LogP contribution in [0.2, 0.25) is 0 Å². The third-order valence-electron chi connectivity index (χ3n) is 1.95. The fourth-order valence-electron chi connectivity index (χ4n) is 1.23. The number of aromatic nitrogens is 1. The van der Waals surface area contributed by atoms with Gasteiger partial charge in [-0.1, -0.05) is 5.92 Å². The monoisotopic (exact) mass is 200 g/mol. The van der Waals surface area contributed by atoms with Gasteiger partial charge in [0.25, 0.3) is 0 Å². The van der Waals surface area contributed by atoms with E-state index in [9.17, 15) is 0 Å². The number of nitriles is 1. The zero-order valence-corrected chi connectivity index (χ0v) is 9.03. The fraction of sp³-hybridized carbons (Fsp3) is 0.333. The normalized spacial score (nSPS) is 11.3. The van der Waals surface area contributed by atoms with Crippen molar-refractivity contribution >= 4 is 0 Å². The van der Waals surface area contributed by atoms with Crippen molar-refractivity contribution in [1.82, 2.24) is 4.98 Å². The zero-order valence-electron chi connectivity index (χ0n) is 9.03. The Labute approximate surface area is 89.7 Å². The summed E-state index contributed by atoms with van der Waals surface area (Å²) in [7, 11) is 0. The summed E-state index contributed by atoms with van der Waals surface area (Å²) in [5.74, 6) is 2.75. The van der Waals surface area contributed by atoms with Gasteiger partial charge in [0.15, 0.2) is 6.10 Å². The summed E-state index contributed by atoms with van der Waals surface area (Å²) >= 11 is 0. The summed E-state index contributed by atoms with van der Waals surface area (Å²) in [6.07, 6.45) is 4.82. The van der Waals surface area contributed by atoms with E-state index in [1.54, 1.807) is 6.92 Å². The Bertz CT molecular complexity index is 452. The molecule has 0 N–H and O–H groups in total. The number of nitrogens with zero attached hydrogens (tertiary/aromatic N) is 2. The van der Waals surface area contributed by atoms with E-state index >= 15 is 0 Å². The second kappa shape index (κ2) is 4.48. The molecule has 76 valence electrons. The highest BCUT2D eigenvalue weighted by molar-refractivity contribution is 5.45. The van der Waals surface area contributed by atoms with Crippen molar-refractivity contribution in [3.63, 3.8) is 0 Å². The van der Waals surface area contributed by atoms with Crippen LogP contribution in [0.3, 0.4) is 0 Å². The third-order valence-corrected chi connectivity index (χ3v) is 1.95. The molecule has 1 aromatic heterocycles. The van der Waals surface area contributed by atoms with Crippen LogP contribution in [-0.4, -0.2) is 11.1 Å². The van der Waals surface area contributed by atoms with Crippen molar-refractivity contribution in [2.75, 3.05) is 0 Å². The lowest BCUT2D eigenvalue weighted by Gasteiger charge is -2.11. The average Bonchev–Trinajstić information content (AvgIpc) is 2.17. The maximum Gasteiger partial charge on any atom is 0.233 e. The van der Waals surface area contributed by atoms with Gasteiger partial charge in [0, 0.05) is 5.69 Å². The van der Waals surface area contributed by atoms with Crippen molar-refractivity contribution in [3.05, 3.63) is 22.9 Å². The van der Waals surface area contributed by atoms with E-state index < -0.39 is 0 Å². The first-order chi connectivity index (χ1) is 7.08. The van der Waals surface area contributed by atoms with Crippen molar-refractivity contribution < 1.29 is 4.74 Å². The molecule has 0 saturated heterocycles. The lowest BCUT2D eigenvalue weighted by atomic mass is 10.1. The molecule has 15 heavy (non-hydrogen) atoms. The number of hydrogen-bond acceptors (Lipinski definition) is 3. The lowest BCUT2D eigenvalue weighted by molar-refractivity contribution is 0.266. The van der Waals surface area contributed by atoms with Gasteiger partial charge >= 0.3 is 0 Å². The number of pyridine rings is 1. The molecule has 0 amide bonds. The van der Waals surface area contributed by atoms with Gasteiger partial charge < -0.3 is 4.74 Å². The van der Waals surface area contributed by atoms with E-state index in [0.29, 0.717) is 11.4 Å². The van der Waals surface area contributed by atoms with E-state index in [1.807, 2.05) is 19.9 Å². The van der Waals surface area contributed by atoms with Gasteiger partial charge in [-0.3, -0.25) is 0 Å². The van der Waals surface area contributed by atoms with Crippen molar-refractivity contribution in [3.8, 4) is 24.3 Å². The quantitative estimate of drug-likeness (QED) is 0.685. The van der Waals surface area contributed by atoms with Crippen molar-refractivity contribution in [1.29, 1.82) is 5.26 Å². The van der Waals surface area contributed by atoms with Crippen LogP contribution in [-0.2, 0) is 0 Å². The van der Waals surface area contributed by atoms with Gasteiger partial charge in [0.05, 0.1) is 0 Å². The van der Waals surface area contributed by atoms with Gasteiger partial charge in [-0.2, -0.15) is 5.26 Å². The smallest absolute Gasteiger partial charge is 0.233 e. The van der Waals surface area contributed by atoms with E-state index in [0.717, 1.165) is 11.3 Å². The first-order valence-corrected chi connectivity index (χ1v) is 4.59. The van der Waals surface area contributed by atoms with E-state index in [-0.39, 0.29) is 6.10 Å². The molecular formula is C12H12N2O. The predicted octanol–water partition coefficient (Wildman–Crippen LogP) is 1.97. The minimum Gasteiger partial charge on any atom is -0.460 e. The molecule has 0 aliphatic rings. The summed E-state index contributed by atoms with van der Waals surface area (Å²) < 4.78 is 5.38. The van der Waals surface area contributed by atoms with Crippen molar-refractivity contribution in [2.45, 2.75) is 26.9 Å². The van der Waals surface area contributed by atoms with Gasteiger partial charge in [0.1, 0.15) is 11.6 Å². The Kier molecular flexibility index (Phi) is 3.31. The number of aryl methyl sites for hydroxylation is 2. The molecule has 0 fully saturated rings. The molecule has 0 saturated carbocycles. The second-order valence-corrected chi connectivity index (χ2v) is 3.30. The number of ether oxygens (including phenoxy) is 1. The molecule has 0 aromatic carbocycles. The molecule has 3 nitrogen and oxygen atoms in total. The Hall–Kier alpha value is -2.00. The number of rotatable bonds is 2. The first-order valence-electron chi connectivity index (χ1n) is 4.59. The Morgan fingerprint density at radius 3 is 2.73 bits per heavy atom. The van der Waals surface area contributed by atoms with Crippen LogP contribution >= 0.6 is 0 Å². The van der Waals surface area contributed by atoms with Gasteiger partial charge in [-0.05, 0) is 32.4 Å². The highest BCUT2D eigenvalue weighted by Crippen LogP contribution is 2.20. The Morgan fingerprint density at radius 2 is 2.20 bits per heavy atom.